The van der Waals surface area contributed by atoms with Crippen molar-refractivity contribution in [2.24, 2.45) is 0 Å². The molecule has 0 spiro atoms. The highest BCUT2D eigenvalue weighted by Gasteiger charge is 2.09. The molecule has 17 heavy (non-hydrogen) atoms. The first-order valence-electron chi connectivity index (χ1n) is 5.35. The molecule has 0 aliphatic rings. The van der Waals surface area contributed by atoms with Crippen LogP contribution < -0.4 is 5.32 Å². The maximum atomic E-state index is 11.3. The molecule has 1 atom stereocenters. The third-order valence-corrected chi connectivity index (χ3v) is 2.49. The number of hydrogen-bond donors (Lipinski definition) is 1. The van der Waals surface area contributed by atoms with Crippen molar-refractivity contribution in [1.82, 2.24) is 14.9 Å². The number of methoxy groups -OCH3 is 1. The van der Waals surface area contributed by atoms with E-state index in [9.17, 15) is 4.79 Å². The van der Waals surface area contributed by atoms with Gasteiger partial charge in [0.15, 0.2) is 5.69 Å². The lowest BCUT2D eigenvalue weighted by Gasteiger charge is -2.20. The zero-order chi connectivity index (χ0) is 12.8. The maximum Gasteiger partial charge on any atom is 0.358 e. The van der Waals surface area contributed by atoms with Gasteiger partial charge in [-0.05, 0) is 21.0 Å². The third-order valence-electron chi connectivity index (χ3n) is 2.49. The van der Waals surface area contributed by atoms with Crippen LogP contribution in [0.2, 0.25) is 0 Å². The van der Waals surface area contributed by atoms with Gasteiger partial charge in [-0.3, -0.25) is 4.98 Å². The molecular formula is C11H18N4O2. The van der Waals surface area contributed by atoms with Gasteiger partial charge in [0.1, 0.15) is 5.82 Å². The first kappa shape index (κ1) is 13.4. The summed E-state index contributed by atoms with van der Waals surface area (Å²) in [5.41, 5.74) is 0.204. The Balaban J connectivity index is 2.63. The topological polar surface area (TPSA) is 67.3 Å². The average molecular weight is 238 g/mol. The second kappa shape index (κ2) is 6.15. The molecular weight excluding hydrogens is 220 g/mol. The summed E-state index contributed by atoms with van der Waals surface area (Å²) < 4.78 is 4.58. The van der Waals surface area contributed by atoms with Crippen molar-refractivity contribution in [3.05, 3.63) is 18.1 Å². The van der Waals surface area contributed by atoms with Gasteiger partial charge < -0.3 is 15.0 Å². The molecule has 94 valence electrons. The van der Waals surface area contributed by atoms with E-state index >= 15 is 0 Å². The van der Waals surface area contributed by atoms with E-state index in [2.05, 4.69) is 31.8 Å². The normalized spacial score (nSPS) is 12.3. The van der Waals surface area contributed by atoms with Gasteiger partial charge in [-0.1, -0.05) is 0 Å². The third kappa shape index (κ3) is 3.99. The molecule has 0 radical (unpaired) electrons. The van der Waals surface area contributed by atoms with Gasteiger partial charge in [-0.2, -0.15) is 0 Å². The number of ether oxygens (including phenoxy) is 1. The minimum absolute atomic E-state index is 0.204. The standard InChI is InChI=1S/C11H18N4O2/c1-8(15(2)3)5-13-10-7-12-6-9(14-10)11(16)17-4/h6-8H,5H2,1-4H3,(H,13,14). The molecule has 1 aromatic rings. The summed E-state index contributed by atoms with van der Waals surface area (Å²) in [6, 6.07) is 0.360. The summed E-state index contributed by atoms with van der Waals surface area (Å²) in [7, 11) is 5.32. The zero-order valence-electron chi connectivity index (χ0n) is 10.6. The van der Waals surface area contributed by atoms with Gasteiger partial charge in [0, 0.05) is 12.6 Å². The molecule has 0 saturated heterocycles. The van der Waals surface area contributed by atoms with E-state index in [1.165, 1.54) is 13.3 Å². The first-order valence-corrected chi connectivity index (χ1v) is 5.35. The van der Waals surface area contributed by atoms with Crippen LogP contribution in [0.15, 0.2) is 12.4 Å². The van der Waals surface area contributed by atoms with E-state index < -0.39 is 5.97 Å². The van der Waals surface area contributed by atoms with Gasteiger partial charge in [0.25, 0.3) is 0 Å². The molecule has 1 heterocycles. The van der Waals surface area contributed by atoms with Crippen molar-refractivity contribution in [1.29, 1.82) is 0 Å². The molecule has 0 aromatic carbocycles. The number of esters is 1. The number of nitrogens with one attached hydrogen (secondary N) is 1. The molecule has 1 N–H and O–H groups in total. The van der Waals surface area contributed by atoms with Gasteiger partial charge in [-0.25, -0.2) is 9.78 Å². The van der Waals surface area contributed by atoms with Crippen molar-refractivity contribution in [3.8, 4) is 0 Å². The van der Waals surface area contributed by atoms with Crippen molar-refractivity contribution < 1.29 is 9.53 Å². The summed E-state index contributed by atoms with van der Waals surface area (Å²) in [4.78, 5) is 21.4. The number of anilines is 1. The molecule has 6 nitrogen and oxygen atoms in total. The summed E-state index contributed by atoms with van der Waals surface area (Å²) >= 11 is 0. The molecule has 6 heteroatoms. The SMILES string of the molecule is COC(=O)c1cncc(NCC(C)N(C)C)n1. The van der Waals surface area contributed by atoms with Crippen LogP contribution in [-0.2, 0) is 4.74 Å². The Labute approximate surface area is 101 Å². The number of carbonyl (C=O) groups excluding carboxylic acids is 1. The molecule has 0 saturated carbocycles. The summed E-state index contributed by atoms with van der Waals surface area (Å²) in [5, 5.41) is 3.12. The maximum absolute atomic E-state index is 11.3. The Hall–Kier alpha value is -1.69. The van der Waals surface area contributed by atoms with E-state index in [-0.39, 0.29) is 5.69 Å². The number of nitrogens with zero attached hydrogens (tertiary/aromatic N) is 3. The van der Waals surface area contributed by atoms with Gasteiger partial charge >= 0.3 is 5.97 Å². The molecule has 1 aromatic heterocycles. The highest BCUT2D eigenvalue weighted by Crippen LogP contribution is 2.04. The lowest BCUT2D eigenvalue weighted by molar-refractivity contribution is 0.0593. The molecule has 1 rings (SSSR count). The molecule has 0 bridgehead atoms. The fourth-order valence-electron chi connectivity index (χ4n) is 1.09. The Kier molecular flexibility index (Phi) is 4.84. The van der Waals surface area contributed by atoms with Crippen LogP contribution in [0.3, 0.4) is 0 Å². The predicted molar refractivity (Wildman–Crippen MR) is 65.0 cm³/mol. The minimum atomic E-state index is -0.484. The molecule has 0 aliphatic carbocycles. The summed E-state index contributed by atoms with van der Waals surface area (Å²) in [6.07, 6.45) is 2.96. The monoisotopic (exact) mass is 238 g/mol. The van der Waals surface area contributed by atoms with Crippen LogP contribution in [0.4, 0.5) is 5.82 Å². The van der Waals surface area contributed by atoms with Crippen LogP contribution in [0.5, 0.6) is 0 Å². The Morgan fingerprint density at radius 3 is 2.82 bits per heavy atom. The Morgan fingerprint density at radius 2 is 2.24 bits per heavy atom. The van der Waals surface area contributed by atoms with E-state index in [1.54, 1.807) is 6.20 Å². The molecule has 0 fully saturated rings. The van der Waals surface area contributed by atoms with Crippen molar-refractivity contribution in [3.63, 3.8) is 0 Å². The highest BCUT2D eigenvalue weighted by molar-refractivity contribution is 5.87. The summed E-state index contributed by atoms with van der Waals surface area (Å²) in [5.74, 6) is 0.0865. The predicted octanol–water partition coefficient (Wildman–Crippen LogP) is 0.625. The van der Waals surface area contributed by atoms with Gasteiger partial charge in [0.2, 0.25) is 0 Å². The van der Waals surface area contributed by atoms with Crippen LogP contribution >= 0.6 is 0 Å². The fourth-order valence-corrected chi connectivity index (χ4v) is 1.09. The highest BCUT2D eigenvalue weighted by atomic mass is 16.5. The number of aromatic nitrogens is 2. The smallest absolute Gasteiger partial charge is 0.358 e. The van der Waals surface area contributed by atoms with Crippen LogP contribution in [-0.4, -0.2) is 54.6 Å². The summed E-state index contributed by atoms with van der Waals surface area (Å²) in [6.45, 7) is 2.82. The zero-order valence-corrected chi connectivity index (χ0v) is 10.6. The lowest BCUT2D eigenvalue weighted by Crippen LogP contribution is -2.31. The average Bonchev–Trinajstić information content (AvgIpc) is 2.35. The number of rotatable bonds is 5. The number of likely N-dealkylation sites (N-methyl/N-ethyl adjacent to an activating group) is 1. The molecule has 0 aliphatic heterocycles. The molecule has 0 amide bonds. The Bertz CT molecular complexity index is 381. The van der Waals surface area contributed by atoms with Gasteiger partial charge in [0.05, 0.1) is 19.5 Å². The van der Waals surface area contributed by atoms with Crippen LogP contribution in [0, 0.1) is 0 Å². The van der Waals surface area contributed by atoms with Crippen molar-refractivity contribution in [2.45, 2.75) is 13.0 Å². The minimum Gasteiger partial charge on any atom is -0.464 e. The van der Waals surface area contributed by atoms with Crippen LogP contribution in [0.25, 0.3) is 0 Å². The first-order chi connectivity index (χ1) is 8.04. The quantitative estimate of drug-likeness (QED) is 0.759. The number of carbonyl (C=O) groups is 1. The van der Waals surface area contributed by atoms with Crippen LogP contribution in [0.1, 0.15) is 17.4 Å². The second-order valence-corrected chi connectivity index (χ2v) is 3.97. The van der Waals surface area contributed by atoms with E-state index in [0.29, 0.717) is 11.9 Å². The largest absolute Gasteiger partial charge is 0.464 e. The van der Waals surface area contributed by atoms with Gasteiger partial charge in [-0.15, -0.1) is 0 Å². The van der Waals surface area contributed by atoms with Crippen molar-refractivity contribution >= 4 is 11.8 Å². The lowest BCUT2D eigenvalue weighted by atomic mass is 10.3. The second-order valence-electron chi connectivity index (χ2n) is 3.97. The van der Waals surface area contributed by atoms with E-state index in [0.717, 1.165) is 6.54 Å². The molecule has 1 unspecified atom stereocenters. The van der Waals surface area contributed by atoms with E-state index in [4.69, 9.17) is 0 Å². The number of hydrogen-bond acceptors (Lipinski definition) is 6. The fraction of sp³-hybridized carbons (Fsp3) is 0.545. The van der Waals surface area contributed by atoms with Crippen molar-refractivity contribution in [2.75, 3.05) is 33.1 Å². The Morgan fingerprint density at radius 1 is 1.53 bits per heavy atom. The van der Waals surface area contributed by atoms with E-state index in [1.807, 2.05) is 14.1 Å².